The Labute approximate surface area is 85.9 Å². The second kappa shape index (κ2) is 3.24. The lowest BCUT2D eigenvalue weighted by Crippen LogP contribution is -2.42. The molecule has 0 aromatic heterocycles. The van der Waals surface area contributed by atoms with Crippen LogP contribution in [0.1, 0.15) is 38.5 Å². The number of likely N-dealkylation sites (tertiary alicyclic amines) is 1. The summed E-state index contributed by atoms with van der Waals surface area (Å²) in [7, 11) is 0. The molecule has 1 heterocycles. The van der Waals surface area contributed by atoms with Crippen molar-refractivity contribution in [3.05, 3.63) is 0 Å². The van der Waals surface area contributed by atoms with Gasteiger partial charge in [0.05, 0.1) is 12.0 Å². The highest BCUT2D eigenvalue weighted by Gasteiger charge is 2.44. The summed E-state index contributed by atoms with van der Waals surface area (Å²) in [5, 5.41) is 9.09. The van der Waals surface area contributed by atoms with Gasteiger partial charge in [-0.05, 0) is 38.0 Å². The van der Waals surface area contributed by atoms with E-state index in [1.807, 2.05) is 0 Å². The predicted octanol–water partition coefficient (Wildman–Crippen LogP) is 2.16. The Morgan fingerprint density at radius 3 is 2.71 bits per heavy atom. The van der Waals surface area contributed by atoms with Crippen molar-refractivity contribution in [1.29, 1.82) is 5.26 Å². The highest BCUT2D eigenvalue weighted by Crippen LogP contribution is 2.42. The summed E-state index contributed by atoms with van der Waals surface area (Å²) in [5.41, 5.74) is 0. The van der Waals surface area contributed by atoms with Gasteiger partial charge in [0.1, 0.15) is 0 Å². The summed E-state index contributed by atoms with van der Waals surface area (Å²) in [6.45, 7) is 1.30. The lowest BCUT2D eigenvalue weighted by atomic mass is 10.0. The van der Waals surface area contributed by atoms with E-state index in [9.17, 15) is 0 Å². The third-order valence-corrected chi connectivity index (χ3v) is 4.52. The van der Waals surface area contributed by atoms with Gasteiger partial charge in [-0.25, -0.2) is 0 Å². The molecule has 3 rings (SSSR count). The Morgan fingerprint density at radius 1 is 1.14 bits per heavy atom. The van der Waals surface area contributed by atoms with E-state index in [-0.39, 0.29) is 0 Å². The van der Waals surface area contributed by atoms with Crippen LogP contribution in [0.2, 0.25) is 0 Å². The Kier molecular flexibility index (Phi) is 2.02. The second-order valence-corrected chi connectivity index (χ2v) is 5.26. The molecule has 0 radical (unpaired) electrons. The van der Waals surface area contributed by atoms with Crippen LogP contribution < -0.4 is 0 Å². The minimum absolute atomic E-state index is 0.342. The van der Waals surface area contributed by atoms with E-state index >= 15 is 0 Å². The van der Waals surface area contributed by atoms with E-state index in [2.05, 4.69) is 11.0 Å². The van der Waals surface area contributed by atoms with Gasteiger partial charge < -0.3 is 0 Å². The molecule has 0 spiro atoms. The van der Waals surface area contributed by atoms with Gasteiger partial charge in [-0.1, -0.05) is 6.42 Å². The van der Waals surface area contributed by atoms with Gasteiger partial charge in [-0.15, -0.1) is 0 Å². The van der Waals surface area contributed by atoms with Crippen LogP contribution in [0.5, 0.6) is 0 Å². The average molecular weight is 190 g/mol. The maximum absolute atomic E-state index is 9.09. The zero-order chi connectivity index (χ0) is 9.54. The van der Waals surface area contributed by atoms with Crippen LogP contribution in [-0.2, 0) is 0 Å². The van der Waals surface area contributed by atoms with Crippen molar-refractivity contribution < 1.29 is 0 Å². The van der Waals surface area contributed by atoms with Crippen LogP contribution >= 0.6 is 0 Å². The monoisotopic (exact) mass is 190 g/mol. The third-order valence-electron chi connectivity index (χ3n) is 4.52. The van der Waals surface area contributed by atoms with Crippen molar-refractivity contribution >= 4 is 0 Å². The molecule has 2 bridgehead atoms. The van der Waals surface area contributed by atoms with Crippen molar-refractivity contribution in [3.63, 3.8) is 0 Å². The number of hydrogen-bond donors (Lipinski definition) is 0. The SMILES string of the molecule is N#CC1CCCC1N1CC2CCC1C2. The molecule has 3 aliphatic rings. The molecule has 2 saturated carbocycles. The highest BCUT2D eigenvalue weighted by atomic mass is 15.2. The lowest BCUT2D eigenvalue weighted by molar-refractivity contribution is 0.134. The number of piperidine rings is 1. The fourth-order valence-corrected chi connectivity index (χ4v) is 3.86. The van der Waals surface area contributed by atoms with Crippen molar-refractivity contribution in [3.8, 4) is 6.07 Å². The molecule has 4 atom stereocenters. The minimum Gasteiger partial charge on any atom is -0.296 e. The molecule has 1 aliphatic heterocycles. The maximum atomic E-state index is 9.09. The zero-order valence-corrected chi connectivity index (χ0v) is 8.65. The smallest absolute Gasteiger partial charge is 0.0672 e. The minimum atomic E-state index is 0.342. The Hall–Kier alpha value is -0.550. The van der Waals surface area contributed by atoms with Gasteiger partial charge in [0.25, 0.3) is 0 Å². The van der Waals surface area contributed by atoms with Gasteiger partial charge in [0, 0.05) is 18.6 Å². The molecule has 2 aliphatic carbocycles. The molecule has 4 unspecified atom stereocenters. The number of hydrogen-bond acceptors (Lipinski definition) is 2. The summed E-state index contributed by atoms with van der Waals surface area (Å²) in [4.78, 5) is 2.68. The van der Waals surface area contributed by atoms with Crippen molar-refractivity contribution in [2.75, 3.05) is 6.54 Å². The summed E-state index contributed by atoms with van der Waals surface area (Å²) in [6, 6.07) is 3.98. The highest BCUT2D eigenvalue weighted by molar-refractivity contribution is 5.03. The van der Waals surface area contributed by atoms with Gasteiger partial charge >= 0.3 is 0 Å². The van der Waals surface area contributed by atoms with E-state index in [1.165, 1.54) is 38.6 Å². The average Bonchev–Trinajstić information content (AvgIpc) is 2.92. The molecule has 1 saturated heterocycles. The number of nitriles is 1. The molecule has 2 heteroatoms. The lowest BCUT2D eigenvalue weighted by Gasteiger charge is -2.34. The molecule has 14 heavy (non-hydrogen) atoms. The molecule has 0 aromatic rings. The zero-order valence-electron chi connectivity index (χ0n) is 8.65. The molecule has 3 fully saturated rings. The first-order valence-electron chi connectivity index (χ1n) is 6.04. The summed E-state index contributed by atoms with van der Waals surface area (Å²) in [5.74, 6) is 1.31. The van der Waals surface area contributed by atoms with E-state index in [0.29, 0.717) is 12.0 Å². The van der Waals surface area contributed by atoms with Crippen molar-refractivity contribution in [2.45, 2.75) is 50.6 Å². The van der Waals surface area contributed by atoms with Crippen LogP contribution in [0.4, 0.5) is 0 Å². The first-order chi connectivity index (χ1) is 6.88. The normalized spacial score (nSPS) is 47.1. The molecule has 0 N–H and O–H groups in total. The predicted molar refractivity (Wildman–Crippen MR) is 54.6 cm³/mol. The van der Waals surface area contributed by atoms with Gasteiger partial charge in [0.2, 0.25) is 0 Å². The quantitative estimate of drug-likeness (QED) is 0.633. The third kappa shape index (κ3) is 1.19. The van der Waals surface area contributed by atoms with Crippen LogP contribution in [0, 0.1) is 23.2 Å². The summed E-state index contributed by atoms with van der Waals surface area (Å²) < 4.78 is 0. The second-order valence-electron chi connectivity index (χ2n) is 5.26. The standard InChI is InChI=1S/C12H18N2/c13-7-10-2-1-3-12(10)14-8-9-4-5-11(14)6-9/h9-12H,1-6,8H2. The molecular weight excluding hydrogens is 172 g/mol. The number of fused-ring (bicyclic) bond motifs is 2. The van der Waals surface area contributed by atoms with Gasteiger partial charge in [0.15, 0.2) is 0 Å². The van der Waals surface area contributed by atoms with Crippen LogP contribution in [0.25, 0.3) is 0 Å². The summed E-state index contributed by atoms with van der Waals surface area (Å²) in [6.07, 6.45) is 7.98. The Morgan fingerprint density at radius 2 is 2.07 bits per heavy atom. The topological polar surface area (TPSA) is 27.0 Å². The molecular formula is C12H18N2. The van der Waals surface area contributed by atoms with Crippen LogP contribution in [0.3, 0.4) is 0 Å². The summed E-state index contributed by atoms with van der Waals surface area (Å²) >= 11 is 0. The first-order valence-corrected chi connectivity index (χ1v) is 6.04. The Bertz CT molecular complexity index is 268. The van der Waals surface area contributed by atoms with E-state index in [0.717, 1.165) is 18.4 Å². The van der Waals surface area contributed by atoms with Crippen LogP contribution in [-0.4, -0.2) is 23.5 Å². The van der Waals surface area contributed by atoms with Crippen LogP contribution in [0.15, 0.2) is 0 Å². The fraction of sp³-hybridized carbons (Fsp3) is 0.917. The maximum Gasteiger partial charge on any atom is 0.0672 e. The molecule has 0 aromatic carbocycles. The van der Waals surface area contributed by atoms with Gasteiger partial charge in [-0.2, -0.15) is 5.26 Å². The van der Waals surface area contributed by atoms with Gasteiger partial charge in [-0.3, -0.25) is 4.90 Å². The van der Waals surface area contributed by atoms with Crippen molar-refractivity contribution in [2.24, 2.45) is 11.8 Å². The van der Waals surface area contributed by atoms with E-state index in [4.69, 9.17) is 5.26 Å². The number of rotatable bonds is 1. The molecule has 0 amide bonds. The number of nitrogens with zero attached hydrogens (tertiary/aromatic N) is 2. The largest absolute Gasteiger partial charge is 0.296 e. The molecule has 2 nitrogen and oxygen atoms in total. The van der Waals surface area contributed by atoms with Crippen molar-refractivity contribution in [1.82, 2.24) is 4.90 Å². The van der Waals surface area contributed by atoms with E-state index in [1.54, 1.807) is 0 Å². The van der Waals surface area contributed by atoms with E-state index < -0.39 is 0 Å². The first kappa shape index (κ1) is 8.73. The Balaban J connectivity index is 1.74. The molecule has 76 valence electrons. The fourth-order valence-electron chi connectivity index (χ4n) is 3.86.